The Morgan fingerprint density at radius 2 is 0.722 bits per heavy atom. The van der Waals surface area contributed by atoms with Crippen LogP contribution in [0.15, 0.2) is 18.2 Å². The molecule has 1 aromatic carbocycles. The normalized spacial score (nSPS) is 14.2. The van der Waals surface area contributed by atoms with E-state index in [2.05, 4.69) is 34.1 Å². The quantitative estimate of drug-likeness (QED) is 0.0812. The van der Waals surface area contributed by atoms with Crippen molar-refractivity contribution in [3.63, 3.8) is 0 Å². The number of hydrogen-bond donors (Lipinski definition) is 9. The highest BCUT2D eigenvalue weighted by Crippen LogP contribution is 2.18. The highest BCUT2D eigenvalue weighted by molar-refractivity contribution is 5.32. The molecule has 3 atom stereocenters. The zero-order valence-electron chi connectivity index (χ0n) is 22.7. The summed E-state index contributed by atoms with van der Waals surface area (Å²) in [5.74, 6) is 0. The van der Waals surface area contributed by atoms with Gasteiger partial charge in [0.25, 0.3) is 0 Å². The summed E-state index contributed by atoms with van der Waals surface area (Å²) in [6.07, 6.45) is 8.59. The molecule has 0 fully saturated rings. The van der Waals surface area contributed by atoms with Crippen LogP contribution in [0.3, 0.4) is 0 Å². The Morgan fingerprint density at radius 1 is 0.444 bits per heavy atom. The lowest BCUT2D eigenvalue weighted by atomic mass is 9.92. The van der Waals surface area contributed by atoms with E-state index in [0.29, 0.717) is 57.4 Å². The van der Waals surface area contributed by atoms with Crippen molar-refractivity contribution in [2.24, 2.45) is 34.4 Å². The average Bonchev–Trinajstić information content (AvgIpc) is 2.85. The van der Waals surface area contributed by atoms with E-state index in [4.69, 9.17) is 34.4 Å². The first-order valence-corrected chi connectivity index (χ1v) is 14.1. The lowest BCUT2D eigenvalue weighted by molar-refractivity contribution is 0.470. The number of nitrogens with one attached hydrogen (secondary N) is 3. The molecule has 36 heavy (non-hydrogen) atoms. The van der Waals surface area contributed by atoms with E-state index >= 15 is 0 Å². The molecule has 0 radical (unpaired) electrons. The van der Waals surface area contributed by atoms with Crippen LogP contribution in [0.25, 0.3) is 0 Å². The molecule has 15 N–H and O–H groups in total. The summed E-state index contributed by atoms with van der Waals surface area (Å²) in [6, 6.07) is 8.13. The molecule has 9 nitrogen and oxygen atoms in total. The molecule has 0 aromatic heterocycles. The third-order valence-corrected chi connectivity index (χ3v) is 6.55. The zero-order valence-corrected chi connectivity index (χ0v) is 22.7. The van der Waals surface area contributed by atoms with Crippen molar-refractivity contribution >= 4 is 0 Å². The molecule has 3 unspecified atom stereocenters. The summed E-state index contributed by atoms with van der Waals surface area (Å²) in [7, 11) is 0. The van der Waals surface area contributed by atoms with Crippen LogP contribution >= 0.6 is 0 Å². The minimum absolute atomic E-state index is 0.342. The number of rotatable bonds is 24. The van der Waals surface area contributed by atoms with Crippen LogP contribution in [0.4, 0.5) is 0 Å². The van der Waals surface area contributed by atoms with Crippen molar-refractivity contribution in [3.05, 3.63) is 34.9 Å². The van der Waals surface area contributed by atoms with Crippen molar-refractivity contribution in [2.75, 3.05) is 58.9 Å². The second-order valence-corrected chi connectivity index (χ2v) is 9.88. The van der Waals surface area contributed by atoms with Gasteiger partial charge < -0.3 is 50.4 Å². The first-order valence-electron chi connectivity index (χ1n) is 14.1. The maximum atomic E-state index is 5.94. The van der Waals surface area contributed by atoms with Gasteiger partial charge in [0.2, 0.25) is 0 Å². The van der Waals surface area contributed by atoms with Gasteiger partial charge in [0, 0.05) is 18.1 Å². The lowest BCUT2D eigenvalue weighted by Crippen LogP contribution is -2.36. The van der Waals surface area contributed by atoms with Crippen LogP contribution in [0.5, 0.6) is 0 Å². The fourth-order valence-corrected chi connectivity index (χ4v) is 4.70. The third kappa shape index (κ3) is 15.2. The van der Waals surface area contributed by atoms with E-state index < -0.39 is 0 Å². The van der Waals surface area contributed by atoms with Gasteiger partial charge in [-0.15, -0.1) is 0 Å². The first kappa shape index (κ1) is 32.9. The highest BCUT2D eigenvalue weighted by Gasteiger charge is 2.15. The molecular weight excluding hydrogens is 450 g/mol. The molecule has 1 aromatic rings. The molecule has 0 aliphatic heterocycles. The smallest absolute Gasteiger partial charge is 0.0119 e. The van der Waals surface area contributed by atoms with Crippen LogP contribution < -0.4 is 50.4 Å². The Kier molecular flexibility index (Phi) is 20.0. The summed E-state index contributed by atoms with van der Waals surface area (Å²) < 4.78 is 0. The van der Waals surface area contributed by atoms with Gasteiger partial charge in [0.1, 0.15) is 0 Å². The van der Waals surface area contributed by atoms with E-state index in [0.717, 1.165) is 77.4 Å². The molecule has 0 amide bonds. The Balaban J connectivity index is 3.12. The van der Waals surface area contributed by atoms with Crippen molar-refractivity contribution in [1.82, 2.24) is 16.0 Å². The fraction of sp³-hybridized carbons (Fsp3) is 0.778. The predicted octanol–water partition coefficient (Wildman–Crippen LogP) is -0.718. The van der Waals surface area contributed by atoms with E-state index in [-0.39, 0.29) is 0 Å². The molecule has 0 saturated heterocycles. The zero-order chi connectivity index (χ0) is 26.4. The summed E-state index contributed by atoms with van der Waals surface area (Å²) in [5.41, 5.74) is 39.0. The molecule has 1 rings (SSSR count). The second kappa shape index (κ2) is 21.9. The summed E-state index contributed by atoms with van der Waals surface area (Å²) >= 11 is 0. The van der Waals surface area contributed by atoms with E-state index in [1.54, 1.807) is 0 Å². The van der Waals surface area contributed by atoms with Gasteiger partial charge in [-0.2, -0.15) is 0 Å². The average molecular weight is 508 g/mol. The molecule has 0 bridgehead atoms. The van der Waals surface area contributed by atoms with Gasteiger partial charge in [-0.05, 0) is 133 Å². The number of hydrogen-bond acceptors (Lipinski definition) is 9. The van der Waals surface area contributed by atoms with Gasteiger partial charge in [0.05, 0.1) is 0 Å². The van der Waals surface area contributed by atoms with Gasteiger partial charge >= 0.3 is 0 Å². The summed E-state index contributed by atoms with van der Waals surface area (Å²) in [4.78, 5) is 0. The second-order valence-electron chi connectivity index (χ2n) is 9.88. The van der Waals surface area contributed by atoms with Crippen molar-refractivity contribution in [3.8, 4) is 0 Å². The maximum Gasteiger partial charge on any atom is 0.0119 e. The highest BCUT2D eigenvalue weighted by atomic mass is 14.9. The topological polar surface area (TPSA) is 192 Å². The SMILES string of the molecule is NCCCNC(CCN)Cc1cc(CC(CCN)NCCCN)cc(CC(CCN)NCCCN)c1. The molecule has 0 saturated carbocycles. The fourth-order valence-electron chi connectivity index (χ4n) is 4.70. The Hall–Kier alpha value is -1.14. The maximum absolute atomic E-state index is 5.94. The molecular formula is C27H57N9. The van der Waals surface area contributed by atoms with Crippen molar-refractivity contribution in [2.45, 2.75) is 75.9 Å². The lowest BCUT2D eigenvalue weighted by Gasteiger charge is -2.23. The first-order chi connectivity index (χ1) is 17.6. The van der Waals surface area contributed by atoms with Crippen LogP contribution in [0, 0.1) is 0 Å². The number of nitrogens with two attached hydrogens (primary N) is 6. The van der Waals surface area contributed by atoms with Gasteiger partial charge in [0.15, 0.2) is 0 Å². The van der Waals surface area contributed by atoms with Gasteiger partial charge in [-0.25, -0.2) is 0 Å². The minimum Gasteiger partial charge on any atom is -0.330 e. The monoisotopic (exact) mass is 507 g/mol. The van der Waals surface area contributed by atoms with E-state index in [9.17, 15) is 0 Å². The largest absolute Gasteiger partial charge is 0.330 e. The predicted molar refractivity (Wildman–Crippen MR) is 155 cm³/mol. The Bertz CT molecular complexity index is 546. The van der Waals surface area contributed by atoms with Gasteiger partial charge in [-0.1, -0.05) is 18.2 Å². The molecule has 9 heteroatoms. The van der Waals surface area contributed by atoms with Crippen molar-refractivity contribution < 1.29 is 0 Å². The standard InChI is InChI=1S/C27H57N9/c28-7-1-13-34-25(4-10-31)19-22-16-23(20-26(5-11-32)35-14-2-8-29)18-24(17-22)21-27(6-12-33)36-15-3-9-30/h16-18,25-27,34-36H,1-15,19-21,28-33H2. The van der Waals surface area contributed by atoms with E-state index in [1.165, 1.54) is 16.7 Å². The van der Waals surface area contributed by atoms with Crippen LogP contribution in [0.2, 0.25) is 0 Å². The van der Waals surface area contributed by atoms with Crippen molar-refractivity contribution in [1.29, 1.82) is 0 Å². The molecule has 0 aliphatic carbocycles. The van der Waals surface area contributed by atoms with Crippen LogP contribution in [0.1, 0.15) is 55.2 Å². The van der Waals surface area contributed by atoms with Crippen LogP contribution in [-0.4, -0.2) is 77.0 Å². The third-order valence-electron chi connectivity index (χ3n) is 6.55. The summed E-state index contributed by atoms with van der Waals surface area (Å²) in [6.45, 7) is 6.84. The molecule has 0 aliphatic rings. The minimum atomic E-state index is 0.342. The molecule has 0 heterocycles. The molecule has 0 spiro atoms. The van der Waals surface area contributed by atoms with E-state index in [1.807, 2.05) is 0 Å². The molecule has 210 valence electrons. The Labute approximate surface area is 220 Å². The Morgan fingerprint density at radius 3 is 0.944 bits per heavy atom. The number of benzene rings is 1. The summed E-state index contributed by atoms with van der Waals surface area (Å²) in [5, 5.41) is 11.0. The van der Waals surface area contributed by atoms with Gasteiger partial charge in [-0.3, -0.25) is 0 Å². The van der Waals surface area contributed by atoms with Crippen LogP contribution in [-0.2, 0) is 19.3 Å².